The summed E-state index contributed by atoms with van der Waals surface area (Å²) in [5.41, 5.74) is 10.3. The number of rotatable bonds is 3. The van der Waals surface area contributed by atoms with Crippen LogP contribution in [-0.4, -0.2) is 13.1 Å². The SMILES string of the molecule is Br.NCCCCN. The molecule has 0 aliphatic rings. The minimum atomic E-state index is 0. The Labute approximate surface area is 55.0 Å². The van der Waals surface area contributed by atoms with Gasteiger partial charge in [-0.05, 0) is 25.9 Å². The van der Waals surface area contributed by atoms with Crippen molar-refractivity contribution in [1.82, 2.24) is 0 Å². The van der Waals surface area contributed by atoms with Gasteiger partial charge in [0.2, 0.25) is 0 Å². The molecule has 7 heavy (non-hydrogen) atoms. The predicted molar refractivity (Wildman–Crippen MR) is 37.7 cm³/mol. The van der Waals surface area contributed by atoms with Crippen molar-refractivity contribution in [3.8, 4) is 0 Å². The second-order valence-corrected chi connectivity index (χ2v) is 1.28. The molecule has 0 saturated heterocycles. The molecule has 0 amide bonds. The van der Waals surface area contributed by atoms with Crippen molar-refractivity contribution >= 4 is 17.0 Å². The highest BCUT2D eigenvalue weighted by atomic mass is 79.9. The molecule has 0 bridgehead atoms. The molecule has 0 atom stereocenters. The molecule has 4 N–H and O–H groups in total. The monoisotopic (exact) mass is 168 g/mol. The predicted octanol–water partition coefficient (Wildman–Crippen LogP) is 0.262. The maximum atomic E-state index is 5.16. The van der Waals surface area contributed by atoms with Crippen LogP contribution in [0.2, 0.25) is 0 Å². The molecular weight excluding hydrogens is 156 g/mol. The van der Waals surface area contributed by atoms with Crippen LogP contribution in [0.4, 0.5) is 0 Å². The van der Waals surface area contributed by atoms with Gasteiger partial charge in [0.1, 0.15) is 0 Å². The molecule has 46 valence electrons. The first-order valence-electron chi connectivity index (χ1n) is 2.32. The van der Waals surface area contributed by atoms with Crippen molar-refractivity contribution in [2.75, 3.05) is 13.1 Å². The van der Waals surface area contributed by atoms with Crippen molar-refractivity contribution in [3.63, 3.8) is 0 Å². The molecule has 0 aliphatic carbocycles. The molecule has 0 fully saturated rings. The van der Waals surface area contributed by atoms with Crippen LogP contribution in [0.1, 0.15) is 12.8 Å². The van der Waals surface area contributed by atoms with Crippen LogP contribution in [0.15, 0.2) is 0 Å². The standard InChI is InChI=1S/C4H12N2.BrH/c5-3-1-2-4-6;/h1-6H2;1H. The summed E-state index contributed by atoms with van der Waals surface area (Å²) in [6, 6.07) is 0. The summed E-state index contributed by atoms with van der Waals surface area (Å²) in [5.74, 6) is 0. The first-order chi connectivity index (χ1) is 2.91. The molecule has 0 aromatic carbocycles. The van der Waals surface area contributed by atoms with Gasteiger partial charge in [0.05, 0.1) is 0 Å². The Bertz CT molecular complexity index is 21.7. The molecule has 3 heteroatoms. The highest BCUT2D eigenvalue weighted by Crippen LogP contribution is 1.77. The van der Waals surface area contributed by atoms with Crippen LogP contribution >= 0.6 is 17.0 Å². The van der Waals surface area contributed by atoms with Gasteiger partial charge in [-0.1, -0.05) is 0 Å². The third-order valence-corrected chi connectivity index (χ3v) is 0.658. The molecule has 0 radical (unpaired) electrons. The molecular formula is C4H13BrN2. The van der Waals surface area contributed by atoms with E-state index < -0.39 is 0 Å². The third kappa shape index (κ3) is 10.7. The lowest BCUT2D eigenvalue weighted by molar-refractivity contribution is 0.755. The summed E-state index contributed by atoms with van der Waals surface area (Å²) < 4.78 is 0. The van der Waals surface area contributed by atoms with Crippen molar-refractivity contribution in [2.24, 2.45) is 11.5 Å². The average molecular weight is 169 g/mol. The minimum Gasteiger partial charge on any atom is -0.330 e. The first kappa shape index (κ1) is 10.4. The normalized spacial score (nSPS) is 7.71. The van der Waals surface area contributed by atoms with Crippen LogP contribution < -0.4 is 11.5 Å². The van der Waals surface area contributed by atoms with Gasteiger partial charge in [-0.25, -0.2) is 0 Å². The number of hydrogen-bond donors (Lipinski definition) is 2. The lowest BCUT2D eigenvalue weighted by Crippen LogP contribution is -2.03. The Morgan fingerprint density at radius 2 is 1.14 bits per heavy atom. The summed E-state index contributed by atoms with van der Waals surface area (Å²) in [6.45, 7) is 1.55. The number of hydrogen-bond acceptors (Lipinski definition) is 2. The van der Waals surface area contributed by atoms with E-state index in [1.807, 2.05) is 0 Å². The van der Waals surface area contributed by atoms with Gasteiger partial charge in [-0.2, -0.15) is 0 Å². The number of halogens is 1. The fraction of sp³-hybridized carbons (Fsp3) is 1.00. The smallest absolute Gasteiger partial charge is 0.00768 e. The second kappa shape index (κ2) is 9.64. The van der Waals surface area contributed by atoms with Crippen molar-refractivity contribution in [2.45, 2.75) is 12.8 Å². The Hall–Kier alpha value is 0.400. The van der Waals surface area contributed by atoms with E-state index in [1.54, 1.807) is 0 Å². The zero-order valence-corrected chi connectivity index (χ0v) is 6.10. The Kier molecular flexibility index (Phi) is 14.3. The first-order valence-corrected chi connectivity index (χ1v) is 2.32. The van der Waals surface area contributed by atoms with Crippen molar-refractivity contribution in [1.29, 1.82) is 0 Å². The van der Waals surface area contributed by atoms with Crippen LogP contribution in [-0.2, 0) is 0 Å². The quantitative estimate of drug-likeness (QED) is 0.595. The average Bonchev–Trinajstić information content (AvgIpc) is 1.61. The number of nitrogens with two attached hydrogens (primary N) is 2. The maximum absolute atomic E-state index is 5.16. The zero-order valence-electron chi connectivity index (χ0n) is 4.39. The Balaban J connectivity index is 0. The van der Waals surface area contributed by atoms with Crippen LogP contribution in [0.3, 0.4) is 0 Å². The zero-order chi connectivity index (χ0) is 4.83. The topological polar surface area (TPSA) is 52.0 Å². The van der Waals surface area contributed by atoms with Gasteiger partial charge in [0.25, 0.3) is 0 Å². The van der Waals surface area contributed by atoms with E-state index in [0.29, 0.717) is 0 Å². The Morgan fingerprint density at radius 1 is 0.857 bits per heavy atom. The Morgan fingerprint density at radius 3 is 1.29 bits per heavy atom. The molecule has 0 unspecified atom stereocenters. The molecule has 0 saturated carbocycles. The lowest BCUT2D eigenvalue weighted by atomic mass is 10.3. The molecule has 0 spiro atoms. The summed E-state index contributed by atoms with van der Waals surface area (Å²) in [7, 11) is 0. The van der Waals surface area contributed by atoms with Crippen LogP contribution in [0.5, 0.6) is 0 Å². The van der Waals surface area contributed by atoms with E-state index in [1.165, 1.54) is 0 Å². The molecule has 0 aromatic rings. The lowest BCUT2D eigenvalue weighted by Gasteiger charge is -1.87. The van der Waals surface area contributed by atoms with E-state index >= 15 is 0 Å². The number of unbranched alkanes of at least 4 members (excludes halogenated alkanes) is 1. The fourth-order valence-electron chi connectivity index (χ4n) is 0.289. The van der Waals surface area contributed by atoms with Gasteiger partial charge in [-0.3, -0.25) is 0 Å². The largest absolute Gasteiger partial charge is 0.330 e. The van der Waals surface area contributed by atoms with E-state index in [-0.39, 0.29) is 17.0 Å². The second-order valence-electron chi connectivity index (χ2n) is 1.28. The van der Waals surface area contributed by atoms with Crippen LogP contribution in [0.25, 0.3) is 0 Å². The van der Waals surface area contributed by atoms with Gasteiger partial charge in [-0.15, -0.1) is 17.0 Å². The van der Waals surface area contributed by atoms with Gasteiger partial charge in [0, 0.05) is 0 Å². The molecule has 2 nitrogen and oxygen atoms in total. The summed E-state index contributed by atoms with van der Waals surface area (Å²) in [4.78, 5) is 0. The van der Waals surface area contributed by atoms with Crippen molar-refractivity contribution < 1.29 is 0 Å². The van der Waals surface area contributed by atoms with Gasteiger partial charge >= 0.3 is 0 Å². The van der Waals surface area contributed by atoms with Gasteiger partial charge < -0.3 is 11.5 Å². The summed E-state index contributed by atoms with van der Waals surface area (Å²) >= 11 is 0. The summed E-state index contributed by atoms with van der Waals surface area (Å²) in [5, 5.41) is 0. The maximum Gasteiger partial charge on any atom is -0.00768 e. The minimum absolute atomic E-state index is 0. The van der Waals surface area contributed by atoms with E-state index in [4.69, 9.17) is 11.5 Å². The molecule has 0 rings (SSSR count). The molecule has 0 aliphatic heterocycles. The molecule has 0 heterocycles. The van der Waals surface area contributed by atoms with E-state index in [2.05, 4.69) is 0 Å². The van der Waals surface area contributed by atoms with Crippen molar-refractivity contribution in [3.05, 3.63) is 0 Å². The van der Waals surface area contributed by atoms with E-state index in [9.17, 15) is 0 Å². The fourth-order valence-corrected chi connectivity index (χ4v) is 0.289. The third-order valence-electron chi connectivity index (χ3n) is 0.658. The highest BCUT2D eigenvalue weighted by Gasteiger charge is 1.75. The highest BCUT2D eigenvalue weighted by molar-refractivity contribution is 8.93. The van der Waals surface area contributed by atoms with E-state index in [0.717, 1.165) is 25.9 Å². The van der Waals surface area contributed by atoms with Crippen LogP contribution in [0, 0.1) is 0 Å². The summed E-state index contributed by atoms with van der Waals surface area (Å²) in [6.07, 6.45) is 2.13. The van der Waals surface area contributed by atoms with Gasteiger partial charge in [0.15, 0.2) is 0 Å². The molecule has 0 aromatic heterocycles.